The van der Waals surface area contributed by atoms with Gasteiger partial charge in [0.1, 0.15) is 5.76 Å². The molecule has 4 nitrogen and oxygen atoms in total. The van der Waals surface area contributed by atoms with Crippen LogP contribution in [0.3, 0.4) is 0 Å². The van der Waals surface area contributed by atoms with E-state index < -0.39 is 18.0 Å². The second-order valence-electron chi connectivity index (χ2n) is 7.04. The first-order valence-electron chi connectivity index (χ1n) is 10.4. The van der Waals surface area contributed by atoms with E-state index in [9.17, 15) is 18.7 Å². The zero-order chi connectivity index (χ0) is 22.7. The number of aromatic carboxylic acids is 1. The number of unbranched alkanes of at least 4 members (excludes halogenated alkanes) is 2. The highest BCUT2D eigenvalue weighted by Gasteiger charge is 2.25. The molecule has 0 fully saturated rings. The van der Waals surface area contributed by atoms with Gasteiger partial charge in [0, 0.05) is 18.5 Å². The third-order valence-electron chi connectivity index (χ3n) is 4.51. The van der Waals surface area contributed by atoms with Crippen molar-refractivity contribution in [3.8, 4) is 5.75 Å². The fourth-order valence-corrected chi connectivity index (χ4v) is 2.92. The smallest absolute Gasteiger partial charge is 0.335 e. The number of carboxylic acid groups (broad SMARTS) is 1. The molecule has 7 heteroatoms. The molecule has 1 aromatic rings. The molecule has 1 unspecified atom stereocenters. The fraction of sp³-hybridized carbons (Fsp3) is 0.522. The van der Waals surface area contributed by atoms with E-state index in [0.717, 1.165) is 31.7 Å². The number of nitrogens with zero attached hydrogens (tertiary/aromatic N) is 1. The van der Waals surface area contributed by atoms with Crippen molar-refractivity contribution in [2.45, 2.75) is 65.2 Å². The Kier molecular flexibility index (Phi) is 11.5. The van der Waals surface area contributed by atoms with Crippen LogP contribution in [0.5, 0.6) is 5.75 Å². The molecule has 0 bridgehead atoms. The zero-order valence-corrected chi connectivity index (χ0v) is 18.9. The summed E-state index contributed by atoms with van der Waals surface area (Å²) >= 11 is 5.95. The first-order chi connectivity index (χ1) is 14.2. The van der Waals surface area contributed by atoms with Gasteiger partial charge in [-0.25, -0.2) is 13.6 Å². The van der Waals surface area contributed by atoms with Crippen LogP contribution in [-0.2, 0) is 0 Å². The SMILES string of the molecule is C/C=C(\C=C/C(C)Cl)Oc1c(C(F)F)cc(C(=O)O)cc1N(CCCC)CCCC. The molecule has 0 aliphatic carbocycles. The molecule has 0 aromatic heterocycles. The molecule has 0 aliphatic rings. The van der Waals surface area contributed by atoms with Gasteiger partial charge in [-0.2, -0.15) is 0 Å². The lowest BCUT2D eigenvalue weighted by atomic mass is 10.1. The highest BCUT2D eigenvalue weighted by molar-refractivity contribution is 6.21. The maximum Gasteiger partial charge on any atom is 0.335 e. The van der Waals surface area contributed by atoms with Gasteiger partial charge in [-0.3, -0.25) is 0 Å². The lowest BCUT2D eigenvalue weighted by molar-refractivity contribution is 0.0696. The summed E-state index contributed by atoms with van der Waals surface area (Å²) in [5.74, 6) is -0.903. The number of benzene rings is 1. The van der Waals surface area contributed by atoms with E-state index in [1.807, 2.05) is 18.7 Å². The molecule has 1 atom stereocenters. The van der Waals surface area contributed by atoms with Crippen LogP contribution in [-0.4, -0.2) is 29.5 Å². The minimum Gasteiger partial charge on any atom is -0.478 e. The summed E-state index contributed by atoms with van der Waals surface area (Å²) in [5.41, 5.74) is -0.245. The third kappa shape index (κ3) is 7.98. The number of carbonyl (C=O) groups is 1. The molecule has 1 rings (SSSR count). The second-order valence-corrected chi connectivity index (χ2v) is 7.73. The average molecular weight is 444 g/mol. The summed E-state index contributed by atoms with van der Waals surface area (Å²) < 4.78 is 33.8. The van der Waals surface area contributed by atoms with Crippen molar-refractivity contribution in [1.29, 1.82) is 0 Å². The van der Waals surface area contributed by atoms with E-state index in [1.165, 1.54) is 6.07 Å². The monoisotopic (exact) mass is 443 g/mol. The summed E-state index contributed by atoms with van der Waals surface area (Å²) in [7, 11) is 0. The van der Waals surface area contributed by atoms with E-state index in [1.54, 1.807) is 32.1 Å². The minimum atomic E-state index is -2.88. The number of hydrogen-bond donors (Lipinski definition) is 1. The predicted octanol–water partition coefficient (Wildman–Crippen LogP) is 7.20. The lowest BCUT2D eigenvalue weighted by Crippen LogP contribution is -2.27. The number of hydrogen-bond acceptors (Lipinski definition) is 3. The van der Waals surface area contributed by atoms with E-state index >= 15 is 0 Å². The highest BCUT2D eigenvalue weighted by atomic mass is 35.5. The number of allylic oxidation sites excluding steroid dienone is 3. The van der Waals surface area contributed by atoms with Gasteiger partial charge in [0.2, 0.25) is 0 Å². The number of alkyl halides is 3. The van der Waals surface area contributed by atoms with E-state index in [4.69, 9.17) is 16.3 Å². The van der Waals surface area contributed by atoms with Crippen LogP contribution in [0.25, 0.3) is 0 Å². The van der Waals surface area contributed by atoms with Gasteiger partial charge >= 0.3 is 5.97 Å². The molecule has 0 aliphatic heterocycles. The van der Waals surface area contributed by atoms with Crippen LogP contribution in [0, 0.1) is 0 Å². The molecule has 0 heterocycles. The van der Waals surface area contributed by atoms with Crippen LogP contribution in [0.1, 0.15) is 75.7 Å². The molecule has 0 saturated heterocycles. The van der Waals surface area contributed by atoms with E-state index in [0.29, 0.717) is 24.5 Å². The number of halogens is 3. The van der Waals surface area contributed by atoms with Gasteiger partial charge in [-0.15, -0.1) is 11.6 Å². The zero-order valence-electron chi connectivity index (χ0n) is 18.1. The fourth-order valence-electron chi connectivity index (χ4n) is 2.85. The Morgan fingerprint density at radius 2 is 1.83 bits per heavy atom. The summed E-state index contributed by atoms with van der Waals surface area (Å²) in [6.07, 6.45) is 5.65. The number of anilines is 1. The number of rotatable bonds is 13. The molecular weight excluding hydrogens is 412 g/mol. The molecule has 1 aromatic carbocycles. The topological polar surface area (TPSA) is 49.8 Å². The van der Waals surface area contributed by atoms with E-state index in [-0.39, 0.29) is 16.7 Å². The maximum absolute atomic E-state index is 13.9. The van der Waals surface area contributed by atoms with Gasteiger partial charge in [-0.1, -0.05) is 32.8 Å². The molecule has 30 heavy (non-hydrogen) atoms. The predicted molar refractivity (Wildman–Crippen MR) is 119 cm³/mol. The lowest BCUT2D eigenvalue weighted by Gasteiger charge is -2.28. The van der Waals surface area contributed by atoms with Crippen molar-refractivity contribution in [1.82, 2.24) is 0 Å². The molecule has 0 amide bonds. The Morgan fingerprint density at radius 1 is 1.23 bits per heavy atom. The van der Waals surface area contributed by atoms with Crippen LogP contribution >= 0.6 is 11.6 Å². The first kappa shape index (κ1) is 26.0. The van der Waals surface area contributed by atoms with Crippen LogP contribution < -0.4 is 9.64 Å². The van der Waals surface area contributed by atoms with Gasteiger partial charge in [-0.05, 0) is 51.0 Å². The molecule has 0 spiro atoms. The summed E-state index contributed by atoms with van der Waals surface area (Å²) in [5, 5.41) is 9.22. The summed E-state index contributed by atoms with van der Waals surface area (Å²) in [4.78, 5) is 13.6. The number of carboxylic acids is 1. The van der Waals surface area contributed by atoms with Crippen LogP contribution in [0.2, 0.25) is 0 Å². The van der Waals surface area contributed by atoms with Crippen LogP contribution in [0.4, 0.5) is 14.5 Å². The van der Waals surface area contributed by atoms with Crippen molar-refractivity contribution < 1.29 is 23.4 Å². The summed E-state index contributed by atoms with van der Waals surface area (Å²) in [6, 6.07) is 2.42. The van der Waals surface area contributed by atoms with Crippen molar-refractivity contribution in [3.63, 3.8) is 0 Å². The van der Waals surface area contributed by atoms with Gasteiger partial charge in [0.15, 0.2) is 5.75 Å². The Hall–Kier alpha value is -2.08. The average Bonchev–Trinajstić information content (AvgIpc) is 2.70. The molecule has 0 saturated carbocycles. The minimum absolute atomic E-state index is 0.0119. The summed E-state index contributed by atoms with van der Waals surface area (Å²) in [6.45, 7) is 8.85. The van der Waals surface area contributed by atoms with E-state index in [2.05, 4.69) is 0 Å². The first-order valence-corrected chi connectivity index (χ1v) is 10.8. The van der Waals surface area contributed by atoms with Crippen molar-refractivity contribution in [3.05, 3.63) is 47.2 Å². The van der Waals surface area contributed by atoms with Crippen LogP contribution in [0.15, 0.2) is 36.1 Å². The standard InChI is InChI=1S/C23H32ClF2NO3/c1-5-8-12-27(13-9-6-2)20-15-17(23(28)29)14-19(22(25)26)21(20)30-18(7-3)11-10-16(4)24/h7,10-11,14-16,22H,5-6,8-9,12-13H2,1-4H3,(H,28,29)/b11-10-,18-7+. The van der Waals surface area contributed by atoms with Crippen molar-refractivity contribution in [2.24, 2.45) is 0 Å². The molecule has 0 radical (unpaired) electrons. The Labute approximate surface area is 183 Å². The maximum atomic E-state index is 13.9. The number of ether oxygens (including phenoxy) is 1. The highest BCUT2D eigenvalue weighted by Crippen LogP contribution is 2.40. The molecule has 168 valence electrons. The normalized spacial score (nSPS) is 13.1. The van der Waals surface area contributed by atoms with Crippen molar-refractivity contribution in [2.75, 3.05) is 18.0 Å². The largest absolute Gasteiger partial charge is 0.478 e. The van der Waals surface area contributed by atoms with Crippen molar-refractivity contribution >= 4 is 23.3 Å². The second kappa shape index (κ2) is 13.3. The van der Waals surface area contributed by atoms with Gasteiger partial charge in [0.25, 0.3) is 6.43 Å². The quantitative estimate of drug-likeness (QED) is 0.199. The Bertz CT molecular complexity index is 740. The Morgan fingerprint density at radius 3 is 2.27 bits per heavy atom. The van der Waals surface area contributed by atoms with Gasteiger partial charge < -0.3 is 14.7 Å². The molecular formula is C23H32ClF2NO3. The van der Waals surface area contributed by atoms with Gasteiger partial charge in [0.05, 0.1) is 16.8 Å². The third-order valence-corrected chi connectivity index (χ3v) is 4.66. The Balaban J connectivity index is 3.61. The molecule has 1 N–H and O–H groups in total.